The Labute approximate surface area is 174 Å². The fourth-order valence-electron chi connectivity index (χ4n) is 5.22. The Hall–Kier alpha value is -2.04. The first-order valence-corrected chi connectivity index (χ1v) is 10.9. The summed E-state index contributed by atoms with van der Waals surface area (Å²) < 4.78 is 10.7. The van der Waals surface area contributed by atoms with Crippen LogP contribution in [0, 0.1) is 23.2 Å². The van der Waals surface area contributed by atoms with Crippen molar-refractivity contribution < 1.29 is 19.1 Å². The zero-order valence-corrected chi connectivity index (χ0v) is 18.2. The first-order chi connectivity index (χ1) is 13.8. The van der Waals surface area contributed by atoms with Crippen LogP contribution in [0.25, 0.3) is 0 Å². The molecule has 1 unspecified atom stereocenters. The van der Waals surface area contributed by atoms with E-state index in [0.717, 1.165) is 36.5 Å². The molecule has 1 aromatic carbocycles. The number of carbonyl (C=O) groups excluding carboxylic acids is 2. The average molecular weight is 402 g/mol. The highest BCUT2D eigenvalue weighted by atomic mass is 16.5. The van der Waals surface area contributed by atoms with Crippen LogP contribution >= 0.6 is 0 Å². The van der Waals surface area contributed by atoms with Gasteiger partial charge in [0.05, 0.1) is 20.1 Å². The number of hydrogen-bond donors (Lipinski definition) is 1. The van der Waals surface area contributed by atoms with Gasteiger partial charge in [-0.25, -0.2) is 0 Å². The van der Waals surface area contributed by atoms with Gasteiger partial charge in [0.1, 0.15) is 5.75 Å². The van der Waals surface area contributed by atoms with E-state index in [-0.39, 0.29) is 24.3 Å². The van der Waals surface area contributed by atoms with Crippen molar-refractivity contribution in [1.82, 2.24) is 5.32 Å². The van der Waals surface area contributed by atoms with Crippen LogP contribution in [-0.2, 0) is 20.7 Å². The number of carbonyl (C=O) groups is 2. The average Bonchev–Trinajstić information content (AvgIpc) is 2.69. The minimum Gasteiger partial charge on any atom is -0.494 e. The van der Waals surface area contributed by atoms with Gasteiger partial charge in [0.15, 0.2) is 0 Å². The summed E-state index contributed by atoms with van der Waals surface area (Å²) in [4.78, 5) is 23.8. The van der Waals surface area contributed by atoms with E-state index in [1.807, 2.05) is 31.2 Å². The molecule has 1 aromatic rings. The largest absolute Gasteiger partial charge is 0.494 e. The van der Waals surface area contributed by atoms with Crippen LogP contribution < -0.4 is 10.1 Å². The van der Waals surface area contributed by atoms with E-state index in [0.29, 0.717) is 30.3 Å². The van der Waals surface area contributed by atoms with Crippen molar-refractivity contribution >= 4 is 11.9 Å². The number of amides is 1. The standard InChI is InChI=1S/C24H35NO4/c1-5-7-21(26)25-23-17(14-18-15-20(23)24(18,2)3)10-11-29-19-9-6-8-16(12-19)13-22(27)28-4/h6,8-9,12,17-18,20,23H,5,7,10-11,13-15H2,1-4H3,(H,25,26)/t17-,18-,20-,23?/m0/s1. The quantitative estimate of drug-likeness (QED) is 0.632. The fourth-order valence-corrected chi connectivity index (χ4v) is 5.22. The minimum atomic E-state index is -0.253. The Kier molecular flexibility index (Phi) is 6.86. The number of fused-ring (bicyclic) bond motifs is 2. The molecule has 3 aliphatic rings. The summed E-state index contributed by atoms with van der Waals surface area (Å²) >= 11 is 0. The smallest absolute Gasteiger partial charge is 0.309 e. The monoisotopic (exact) mass is 401 g/mol. The molecule has 4 atom stereocenters. The second kappa shape index (κ2) is 9.19. The number of rotatable bonds is 9. The van der Waals surface area contributed by atoms with Crippen molar-refractivity contribution in [3.8, 4) is 5.75 Å². The number of esters is 1. The molecule has 2 bridgehead atoms. The van der Waals surface area contributed by atoms with Gasteiger partial charge in [0, 0.05) is 12.5 Å². The number of hydrogen-bond acceptors (Lipinski definition) is 4. The van der Waals surface area contributed by atoms with Crippen LogP contribution in [0.2, 0.25) is 0 Å². The number of nitrogens with one attached hydrogen (secondary N) is 1. The summed E-state index contributed by atoms with van der Waals surface area (Å²) in [6, 6.07) is 7.88. The van der Waals surface area contributed by atoms with Crippen LogP contribution in [0.5, 0.6) is 5.75 Å². The molecular formula is C24H35NO4. The third-order valence-corrected chi connectivity index (χ3v) is 7.11. The van der Waals surface area contributed by atoms with Crippen molar-refractivity contribution in [2.45, 2.75) is 65.3 Å². The molecule has 0 aromatic heterocycles. The molecule has 29 heavy (non-hydrogen) atoms. The lowest BCUT2D eigenvalue weighted by Gasteiger charge is -2.62. The van der Waals surface area contributed by atoms with Gasteiger partial charge in [0.25, 0.3) is 0 Å². The Morgan fingerprint density at radius 1 is 1.24 bits per heavy atom. The molecule has 3 aliphatic carbocycles. The highest BCUT2D eigenvalue weighted by Crippen LogP contribution is 2.61. The second-order valence-electron chi connectivity index (χ2n) is 9.24. The van der Waals surface area contributed by atoms with Crippen LogP contribution in [0.1, 0.15) is 58.4 Å². The molecule has 3 saturated carbocycles. The first-order valence-electron chi connectivity index (χ1n) is 10.9. The lowest BCUT2D eigenvalue weighted by atomic mass is 9.44. The number of benzene rings is 1. The van der Waals surface area contributed by atoms with E-state index in [1.54, 1.807) is 0 Å². The Morgan fingerprint density at radius 2 is 2.03 bits per heavy atom. The SMILES string of the molecule is CCCC(=O)NC1[C@@H](CCOc2cccc(CC(=O)OC)c2)C[C@H]2C[C@@H]1C2(C)C. The molecule has 0 aliphatic heterocycles. The van der Waals surface area contributed by atoms with Crippen LogP contribution in [0.4, 0.5) is 0 Å². The van der Waals surface area contributed by atoms with E-state index in [9.17, 15) is 9.59 Å². The topological polar surface area (TPSA) is 64.6 Å². The van der Waals surface area contributed by atoms with Gasteiger partial charge in [-0.1, -0.05) is 32.9 Å². The molecule has 1 amide bonds. The molecule has 5 heteroatoms. The summed E-state index contributed by atoms with van der Waals surface area (Å²) in [5.74, 6) is 2.48. The van der Waals surface area contributed by atoms with Crippen molar-refractivity contribution in [3.63, 3.8) is 0 Å². The lowest BCUT2D eigenvalue weighted by Crippen LogP contribution is -2.63. The number of methoxy groups -OCH3 is 1. The van der Waals surface area contributed by atoms with E-state index in [1.165, 1.54) is 13.5 Å². The maximum Gasteiger partial charge on any atom is 0.309 e. The molecule has 0 radical (unpaired) electrons. The normalized spacial score (nSPS) is 26.9. The predicted molar refractivity (Wildman–Crippen MR) is 113 cm³/mol. The van der Waals surface area contributed by atoms with Gasteiger partial charge < -0.3 is 14.8 Å². The summed E-state index contributed by atoms with van der Waals surface area (Å²) in [5.41, 5.74) is 1.21. The van der Waals surface area contributed by atoms with E-state index in [2.05, 4.69) is 19.2 Å². The van der Waals surface area contributed by atoms with Gasteiger partial charge in [-0.05, 0) is 66.5 Å². The molecule has 1 N–H and O–H groups in total. The zero-order valence-electron chi connectivity index (χ0n) is 18.2. The van der Waals surface area contributed by atoms with Gasteiger partial charge >= 0.3 is 5.97 Å². The lowest BCUT2D eigenvalue weighted by molar-refractivity contribution is -0.140. The number of ether oxygens (including phenoxy) is 2. The van der Waals surface area contributed by atoms with Gasteiger partial charge in [-0.3, -0.25) is 9.59 Å². The zero-order chi connectivity index (χ0) is 21.0. The second-order valence-corrected chi connectivity index (χ2v) is 9.24. The Morgan fingerprint density at radius 3 is 2.72 bits per heavy atom. The van der Waals surface area contributed by atoms with Crippen molar-refractivity contribution in [3.05, 3.63) is 29.8 Å². The Balaban J connectivity index is 1.57. The molecule has 3 fully saturated rings. The van der Waals surface area contributed by atoms with E-state index < -0.39 is 0 Å². The highest BCUT2D eigenvalue weighted by Gasteiger charge is 2.57. The van der Waals surface area contributed by atoms with Crippen LogP contribution in [0.3, 0.4) is 0 Å². The van der Waals surface area contributed by atoms with E-state index in [4.69, 9.17) is 9.47 Å². The summed E-state index contributed by atoms with van der Waals surface area (Å²) in [6.07, 6.45) is 5.05. The molecular weight excluding hydrogens is 366 g/mol. The van der Waals surface area contributed by atoms with Crippen LogP contribution in [0.15, 0.2) is 24.3 Å². The van der Waals surface area contributed by atoms with Crippen molar-refractivity contribution in [2.24, 2.45) is 23.2 Å². The van der Waals surface area contributed by atoms with Crippen LogP contribution in [-0.4, -0.2) is 31.6 Å². The summed E-state index contributed by atoms with van der Waals surface area (Å²) in [7, 11) is 1.40. The van der Waals surface area contributed by atoms with Crippen molar-refractivity contribution in [1.29, 1.82) is 0 Å². The maximum atomic E-state index is 12.3. The molecule has 5 nitrogen and oxygen atoms in total. The van der Waals surface area contributed by atoms with Gasteiger partial charge in [0.2, 0.25) is 5.91 Å². The molecule has 0 heterocycles. The minimum absolute atomic E-state index is 0.181. The summed E-state index contributed by atoms with van der Waals surface area (Å²) in [5, 5.41) is 3.35. The fraction of sp³-hybridized carbons (Fsp3) is 0.667. The molecule has 0 spiro atoms. The summed E-state index contributed by atoms with van der Waals surface area (Å²) in [6.45, 7) is 7.37. The molecule has 4 rings (SSSR count). The maximum absolute atomic E-state index is 12.3. The predicted octanol–water partition coefficient (Wildman–Crippen LogP) is 4.14. The highest BCUT2D eigenvalue weighted by molar-refractivity contribution is 5.76. The van der Waals surface area contributed by atoms with E-state index >= 15 is 0 Å². The van der Waals surface area contributed by atoms with Gasteiger partial charge in [-0.15, -0.1) is 0 Å². The Bertz CT molecular complexity index is 729. The molecule has 0 saturated heterocycles. The van der Waals surface area contributed by atoms with Crippen molar-refractivity contribution in [2.75, 3.05) is 13.7 Å². The third-order valence-electron chi connectivity index (χ3n) is 7.11. The first kappa shape index (κ1) is 21.7. The van der Waals surface area contributed by atoms with Gasteiger partial charge in [-0.2, -0.15) is 0 Å². The molecule has 160 valence electrons. The third kappa shape index (κ3) is 4.93.